The van der Waals surface area contributed by atoms with Crippen molar-refractivity contribution in [2.45, 2.75) is 58.3 Å². The molecule has 112 valence electrons. The zero-order valence-electron chi connectivity index (χ0n) is 12.7. The highest BCUT2D eigenvalue weighted by atomic mass is 16.5. The van der Waals surface area contributed by atoms with E-state index >= 15 is 0 Å². The second kappa shape index (κ2) is 6.29. The number of rotatable bonds is 5. The molecule has 1 N–H and O–H groups in total. The molecule has 1 atom stereocenters. The summed E-state index contributed by atoms with van der Waals surface area (Å²) in [5.41, 5.74) is 1.31. The van der Waals surface area contributed by atoms with Gasteiger partial charge in [-0.25, -0.2) is 0 Å². The molecule has 1 aromatic rings. The van der Waals surface area contributed by atoms with Gasteiger partial charge in [0.25, 0.3) is 0 Å². The molecule has 20 heavy (non-hydrogen) atoms. The van der Waals surface area contributed by atoms with E-state index in [0.29, 0.717) is 6.10 Å². The highest BCUT2D eigenvalue weighted by molar-refractivity contribution is 5.21. The number of hydrogen-bond acceptors (Lipinski definition) is 4. The van der Waals surface area contributed by atoms with Crippen LogP contribution in [0.5, 0.6) is 0 Å². The molecule has 1 aliphatic heterocycles. The minimum Gasteiger partial charge on any atom is -0.465 e. The van der Waals surface area contributed by atoms with E-state index in [-0.39, 0.29) is 0 Å². The van der Waals surface area contributed by atoms with Gasteiger partial charge in [0.1, 0.15) is 11.5 Å². The van der Waals surface area contributed by atoms with Crippen molar-refractivity contribution >= 4 is 0 Å². The first-order valence-corrected chi connectivity index (χ1v) is 7.86. The minimum atomic E-state index is 0.324. The molecule has 1 saturated heterocycles. The number of hydrogen-bond donors (Lipinski definition) is 1. The van der Waals surface area contributed by atoms with Crippen LogP contribution in [0, 0.1) is 6.92 Å². The predicted molar refractivity (Wildman–Crippen MR) is 78.6 cm³/mol. The van der Waals surface area contributed by atoms with Gasteiger partial charge in [-0.1, -0.05) is 0 Å². The maximum Gasteiger partial charge on any atom is 0.118 e. The molecule has 4 heteroatoms. The summed E-state index contributed by atoms with van der Waals surface area (Å²) in [7, 11) is 0. The number of nitrogens with one attached hydrogen (secondary N) is 1. The van der Waals surface area contributed by atoms with Gasteiger partial charge in [-0.2, -0.15) is 0 Å². The monoisotopic (exact) mass is 278 g/mol. The second-order valence-corrected chi connectivity index (χ2v) is 6.22. The van der Waals surface area contributed by atoms with Crippen molar-refractivity contribution in [3.05, 3.63) is 23.2 Å². The third-order valence-corrected chi connectivity index (χ3v) is 4.15. The Morgan fingerprint density at radius 3 is 3.05 bits per heavy atom. The number of furan rings is 1. The van der Waals surface area contributed by atoms with Crippen LogP contribution >= 0.6 is 0 Å². The van der Waals surface area contributed by atoms with Crippen LogP contribution in [0.4, 0.5) is 0 Å². The Bertz CT molecular complexity index is 440. The lowest BCUT2D eigenvalue weighted by Gasteiger charge is -2.20. The van der Waals surface area contributed by atoms with Gasteiger partial charge < -0.3 is 14.5 Å². The zero-order chi connectivity index (χ0) is 13.9. The maximum absolute atomic E-state index is 5.92. The van der Waals surface area contributed by atoms with Crippen LogP contribution in [0.1, 0.15) is 43.3 Å². The molecule has 0 amide bonds. The smallest absolute Gasteiger partial charge is 0.118 e. The van der Waals surface area contributed by atoms with Gasteiger partial charge in [0.05, 0.1) is 12.6 Å². The van der Waals surface area contributed by atoms with Gasteiger partial charge in [-0.05, 0) is 39.2 Å². The van der Waals surface area contributed by atoms with Crippen molar-refractivity contribution < 1.29 is 9.15 Å². The van der Waals surface area contributed by atoms with Crippen molar-refractivity contribution in [2.24, 2.45) is 0 Å². The summed E-state index contributed by atoms with van der Waals surface area (Å²) >= 11 is 0. The minimum absolute atomic E-state index is 0.324. The lowest BCUT2D eigenvalue weighted by molar-refractivity contribution is 0.0658. The fraction of sp³-hybridized carbons (Fsp3) is 0.750. The zero-order valence-corrected chi connectivity index (χ0v) is 12.7. The summed E-state index contributed by atoms with van der Waals surface area (Å²) in [6.45, 7) is 9.04. The Balaban J connectivity index is 1.57. The normalized spacial score (nSPS) is 24.8. The number of nitrogens with zero attached hydrogens (tertiary/aromatic N) is 1. The molecule has 4 nitrogen and oxygen atoms in total. The topological polar surface area (TPSA) is 37.6 Å². The van der Waals surface area contributed by atoms with Crippen LogP contribution in [0.3, 0.4) is 0 Å². The van der Waals surface area contributed by atoms with E-state index < -0.39 is 0 Å². The first kappa shape index (κ1) is 14.1. The molecule has 1 aromatic heterocycles. The molecule has 2 aliphatic rings. The Morgan fingerprint density at radius 1 is 1.40 bits per heavy atom. The van der Waals surface area contributed by atoms with E-state index in [1.807, 2.05) is 0 Å². The molecular weight excluding hydrogens is 252 g/mol. The van der Waals surface area contributed by atoms with Crippen LogP contribution in [0.2, 0.25) is 0 Å². The third kappa shape index (κ3) is 3.84. The Labute approximate surface area is 121 Å². The van der Waals surface area contributed by atoms with Gasteiger partial charge in [0.15, 0.2) is 0 Å². The lowest BCUT2D eigenvalue weighted by Crippen LogP contribution is -2.29. The Morgan fingerprint density at radius 2 is 2.25 bits per heavy atom. The summed E-state index contributed by atoms with van der Waals surface area (Å²) < 4.78 is 11.6. The van der Waals surface area contributed by atoms with Crippen LogP contribution in [0.15, 0.2) is 10.5 Å². The molecule has 3 rings (SSSR count). The molecule has 0 aromatic carbocycles. The molecule has 0 spiro atoms. The molecule has 1 aliphatic carbocycles. The number of aryl methyl sites for hydroxylation is 1. The molecule has 0 radical (unpaired) electrons. The van der Waals surface area contributed by atoms with Gasteiger partial charge in [-0.15, -0.1) is 0 Å². The molecule has 1 unspecified atom stereocenters. The van der Waals surface area contributed by atoms with E-state index in [9.17, 15) is 0 Å². The van der Waals surface area contributed by atoms with Crippen LogP contribution in [0.25, 0.3) is 0 Å². The predicted octanol–water partition coefficient (Wildman–Crippen LogP) is 2.45. The summed E-state index contributed by atoms with van der Waals surface area (Å²) in [5, 5.41) is 3.55. The Hall–Kier alpha value is -0.840. The van der Waals surface area contributed by atoms with E-state index in [4.69, 9.17) is 9.15 Å². The lowest BCUT2D eigenvalue weighted by atomic mass is 10.2. The van der Waals surface area contributed by atoms with E-state index in [1.165, 1.54) is 18.4 Å². The standard InChI is InChI=1S/C16H26N2O2/c1-12-10-18(6-3-7-19-12)11-16-8-14(13(2)20-16)9-17-15-4-5-15/h8,12,15,17H,3-7,9-11H2,1-2H3. The first-order chi connectivity index (χ1) is 9.70. The largest absolute Gasteiger partial charge is 0.465 e. The summed E-state index contributed by atoms with van der Waals surface area (Å²) in [6.07, 6.45) is 4.09. The van der Waals surface area contributed by atoms with Gasteiger partial charge in [0, 0.05) is 37.8 Å². The Kier molecular flexibility index (Phi) is 4.44. The quantitative estimate of drug-likeness (QED) is 0.898. The van der Waals surface area contributed by atoms with Crippen molar-refractivity contribution in [1.82, 2.24) is 10.2 Å². The van der Waals surface area contributed by atoms with Gasteiger partial charge in [0.2, 0.25) is 0 Å². The molecular formula is C16H26N2O2. The fourth-order valence-corrected chi connectivity index (χ4v) is 2.83. The SMILES string of the molecule is Cc1oc(CN2CCCOC(C)C2)cc1CNC1CC1. The molecule has 1 saturated carbocycles. The van der Waals surface area contributed by atoms with E-state index in [2.05, 4.69) is 30.1 Å². The van der Waals surface area contributed by atoms with Gasteiger partial charge in [-0.3, -0.25) is 4.90 Å². The summed E-state index contributed by atoms with van der Waals surface area (Å²) in [6, 6.07) is 2.97. The van der Waals surface area contributed by atoms with Crippen molar-refractivity contribution in [3.63, 3.8) is 0 Å². The summed E-state index contributed by atoms with van der Waals surface area (Å²) in [5.74, 6) is 2.15. The van der Waals surface area contributed by atoms with Crippen LogP contribution in [-0.2, 0) is 17.8 Å². The van der Waals surface area contributed by atoms with Crippen molar-refractivity contribution in [3.8, 4) is 0 Å². The average molecular weight is 278 g/mol. The first-order valence-electron chi connectivity index (χ1n) is 7.86. The van der Waals surface area contributed by atoms with Crippen LogP contribution < -0.4 is 5.32 Å². The average Bonchev–Trinajstić information content (AvgIpc) is 3.18. The molecule has 0 bridgehead atoms. The fourth-order valence-electron chi connectivity index (χ4n) is 2.83. The second-order valence-electron chi connectivity index (χ2n) is 6.22. The van der Waals surface area contributed by atoms with Crippen molar-refractivity contribution in [2.75, 3.05) is 19.7 Å². The molecule has 2 heterocycles. The van der Waals surface area contributed by atoms with E-state index in [1.54, 1.807) is 0 Å². The third-order valence-electron chi connectivity index (χ3n) is 4.15. The highest BCUT2D eigenvalue weighted by Gasteiger charge is 2.21. The van der Waals surface area contributed by atoms with E-state index in [0.717, 1.165) is 56.8 Å². The summed E-state index contributed by atoms with van der Waals surface area (Å²) in [4.78, 5) is 2.44. The maximum atomic E-state index is 5.92. The molecule has 2 fully saturated rings. The van der Waals surface area contributed by atoms with Gasteiger partial charge >= 0.3 is 0 Å². The number of ether oxygens (including phenoxy) is 1. The van der Waals surface area contributed by atoms with Crippen LogP contribution in [-0.4, -0.2) is 36.7 Å². The van der Waals surface area contributed by atoms with Crippen molar-refractivity contribution in [1.29, 1.82) is 0 Å². The highest BCUT2D eigenvalue weighted by Crippen LogP contribution is 2.22.